The van der Waals surface area contributed by atoms with Gasteiger partial charge in [-0.25, -0.2) is 4.98 Å². The zero-order valence-electron chi connectivity index (χ0n) is 17.2. The van der Waals surface area contributed by atoms with E-state index in [1.54, 1.807) is 14.2 Å². The Morgan fingerprint density at radius 3 is 2.42 bits per heavy atom. The van der Waals surface area contributed by atoms with Gasteiger partial charge < -0.3 is 20.9 Å². The van der Waals surface area contributed by atoms with Crippen LogP contribution in [-0.4, -0.2) is 25.1 Å². The second-order valence-electron chi connectivity index (χ2n) is 7.45. The number of thiophene rings is 1. The first-order valence-corrected chi connectivity index (χ1v) is 10.7. The van der Waals surface area contributed by atoms with Crippen LogP contribution < -0.4 is 20.9 Å². The Kier molecular flexibility index (Phi) is 4.55. The minimum Gasteiger partial charge on any atom is -0.497 e. The summed E-state index contributed by atoms with van der Waals surface area (Å²) < 4.78 is 10.7. The third-order valence-corrected chi connectivity index (χ3v) is 6.91. The van der Waals surface area contributed by atoms with Crippen LogP contribution in [0, 0.1) is 0 Å². The number of fused-ring (bicyclic) bond motifs is 4. The van der Waals surface area contributed by atoms with Crippen molar-refractivity contribution in [3.8, 4) is 33.9 Å². The molecule has 0 spiro atoms. The van der Waals surface area contributed by atoms with Crippen LogP contribution in [0.2, 0.25) is 0 Å². The number of carbonyl (C=O) groups excluding carboxylic acids is 1. The average Bonchev–Trinajstić information content (AvgIpc) is 3.13. The Morgan fingerprint density at radius 1 is 1.03 bits per heavy atom. The molecule has 0 saturated carbocycles. The van der Waals surface area contributed by atoms with Crippen molar-refractivity contribution in [1.29, 1.82) is 0 Å². The van der Waals surface area contributed by atoms with Gasteiger partial charge in [-0.15, -0.1) is 11.3 Å². The second-order valence-corrected chi connectivity index (χ2v) is 8.45. The van der Waals surface area contributed by atoms with Gasteiger partial charge in [0.05, 0.1) is 25.6 Å². The molecule has 4 aromatic rings. The van der Waals surface area contributed by atoms with Gasteiger partial charge in [0.15, 0.2) is 0 Å². The summed E-state index contributed by atoms with van der Waals surface area (Å²) >= 11 is 1.24. The fourth-order valence-electron chi connectivity index (χ4n) is 4.31. The molecule has 2 heterocycles. The standard InChI is InChI=1S/C24H21N3O3S/c1-29-14-6-3-12(4-7-14)18-17-9-5-13-11-15(30-2)8-10-16(13)21(17)27-24-19(18)20(25)22(31-24)23(26)28/h3-4,6-8,10-11H,5,9,25H2,1-2H3,(H2,26,28). The van der Waals surface area contributed by atoms with Gasteiger partial charge in [-0.2, -0.15) is 0 Å². The van der Waals surface area contributed by atoms with Crippen LogP contribution in [0.1, 0.15) is 20.8 Å². The monoisotopic (exact) mass is 431 g/mol. The topological polar surface area (TPSA) is 100 Å². The number of nitrogen functional groups attached to an aromatic ring is 1. The summed E-state index contributed by atoms with van der Waals surface area (Å²) in [5, 5.41) is 0.791. The zero-order chi connectivity index (χ0) is 21.7. The highest BCUT2D eigenvalue weighted by molar-refractivity contribution is 7.21. The first kappa shape index (κ1) is 19.4. The van der Waals surface area contributed by atoms with E-state index in [9.17, 15) is 4.79 Å². The van der Waals surface area contributed by atoms with Crippen LogP contribution in [0.4, 0.5) is 5.69 Å². The first-order valence-electron chi connectivity index (χ1n) is 9.88. The van der Waals surface area contributed by atoms with Crippen molar-refractivity contribution in [2.24, 2.45) is 5.73 Å². The van der Waals surface area contributed by atoms with E-state index in [1.165, 1.54) is 16.9 Å². The Bertz CT molecular complexity index is 1340. The van der Waals surface area contributed by atoms with Gasteiger partial charge >= 0.3 is 0 Å². The number of anilines is 1. The number of carbonyl (C=O) groups is 1. The summed E-state index contributed by atoms with van der Waals surface area (Å²) in [6.45, 7) is 0. The fraction of sp³-hybridized carbons (Fsp3) is 0.167. The molecular weight excluding hydrogens is 410 g/mol. The average molecular weight is 432 g/mol. The highest BCUT2D eigenvalue weighted by Gasteiger charge is 2.27. The minimum absolute atomic E-state index is 0.342. The van der Waals surface area contributed by atoms with Crippen LogP contribution in [0.5, 0.6) is 11.5 Å². The summed E-state index contributed by atoms with van der Waals surface area (Å²) in [7, 11) is 3.31. The number of aromatic nitrogens is 1. The highest BCUT2D eigenvalue weighted by Crippen LogP contribution is 2.47. The predicted octanol–water partition coefficient (Wildman–Crippen LogP) is 4.43. The molecule has 2 aromatic carbocycles. The predicted molar refractivity (Wildman–Crippen MR) is 124 cm³/mol. The molecule has 0 aliphatic heterocycles. The number of hydrogen-bond acceptors (Lipinski definition) is 6. The Morgan fingerprint density at radius 2 is 1.74 bits per heavy atom. The van der Waals surface area contributed by atoms with Gasteiger partial charge in [-0.3, -0.25) is 4.79 Å². The van der Waals surface area contributed by atoms with Crippen molar-refractivity contribution in [2.75, 3.05) is 20.0 Å². The lowest BCUT2D eigenvalue weighted by atomic mass is 9.83. The molecule has 0 atom stereocenters. The maximum atomic E-state index is 12.0. The Balaban J connectivity index is 1.85. The van der Waals surface area contributed by atoms with Crippen LogP contribution in [-0.2, 0) is 12.8 Å². The van der Waals surface area contributed by atoms with Gasteiger partial charge in [0.25, 0.3) is 5.91 Å². The lowest BCUT2D eigenvalue weighted by molar-refractivity contribution is 0.100. The first-order chi connectivity index (χ1) is 15.0. The Hall–Kier alpha value is -3.58. The molecule has 0 radical (unpaired) electrons. The SMILES string of the molecule is COc1ccc(-c2c3c(nc4sc(C(N)=O)c(N)c24)-c2ccc(OC)cc2CC3)cc1. The third kappa shape index (κ3) is 3.00. The molecule has 31 heavy (non-hydrogen) atoms. The van der Waals surface area contributed by atoms with Crippen molar-refractivity contribution in [1.82, 2.24) is 4.98 Å². The van der Waals surface area contributed by atoms with Crippen LogP contribution >= 0.6 is 11.3 Å². The van der Waals surface area contributed by atoms with Gasteiger partial charge in [-0.05, 0) is 65.4 Å². The number of rotatable bonds is 4. The van der Waals surface area contributed by atoms with Crippen LogP contribution in [0.3, 0.4) is 0 Å². The lowest BCUT2D eigenvalue weighted by Gasteiger charge is -2.23. The van der Waals surface area contributed by atoms with Crippen molar-refractivity contribution >= 4 is 33.1 Å². The van der Waals surface area contributed by atoms with E-state index in [1.807, 2.05) is 30.3 Å². The Labute approximate surface area is 183 Å². The van der Waals surface area contributed by atoms with Gasteiger partial charge in [0.1, 0.15) is 21.2 Å². The van der Waals surface area contributed by atoms with E-state index in [0.717, 1.165) is 57.7 Å². The molecule has 5 rings (SSSR count). The summed E-state index contributed by atoms with van der Waals surface area (Å²) in [4.78, 5) is 18.0. The van der Waals surface area contributed by atoms with E-state index < -0.39 is 5.91 Å². The molecule has 2 aromatic heterocycles. The molecule has 1 aliphatic rings. The normalized spacial score (nSPS) is 12.3. The number of primary amides is 1. The van der Waals surface area contributed by atoms with Gasteiger partial charge in [0, 0.05) is 10.9 Å². The molecule has 0 bridgehead atoms. The summed E-state index contributed by atoms with van der Waals surface area (Å²) in [6, 6.07) is 13.9. The molecule has 0 unspecified atom stereocenters. The molecule has 1 amide bonds. The molecule has 6 nitrogen and oxygen atoms in total. The van der Waals surface area contributed by atoms with Crippen molar-refractivity contribution in [3.05, 3.63) is 58.5 Å². The number of methoxy groups -OCH3 is 2. The van der Waals surface area contributed by atoms with Crippen molar-refractivity contribution < 1.29 is 14.3 Å². The number of ether oxygens (including phenoxy) is 2. The zero-order valence-corrected chi connectivity index (χ0v) is 18.0. The van der Waals surface area contributed by atoms with E-state index >= 15 is 0 Å². The number of nitrogens with two attached hydrogens (primary N) is 2. The summed E-state index contributed by atoms with van der Waals surface area (Å²) in [5.41, 5.74) is 18.7. The number of pyridine rings is 1. The molecule has 7 heteroatoms. The maximum Gasteiger partial charge on any atom is 0.260 e. The minimum atomic E-state index is -0.538. The lowest BCUT2D eigenvalue weighted by Crippen LogP contribution is -2.11. The fourth-order valence-corrected chi connectivity index (χ4v) is 5.27. The van der Waals surface area contributed by atoms with Gasteiger partial charge in [-0.1, -0.05) is 12.1 Å². The van der Waals surface area contributed by atoms with Crippen molar-refractivity contribution in [2.45, 2.75) is 12.8 Å². The number of amides is 1. The number of hydrogen-bond donors (Lipinski definition) is 2. The summed E-state index contributed by atoms with van der Waals surface area (Å²) in [6.07, 6.45) is 1.67. The van der Waals surface area contributed by atoms with E-state index in [4.69, 9.17) is 25.9 Å². The van der Waals surface area contributed by atoms with E-state index in [-0.39, 0.29) is 0 Å². The highest BCUT2D eigenvalue weighted by atomic mass is 32.1. The van der Waals surface area contributed by atoms with Crippen molar-refractivity contribution in [3.63, 3.8) is 0 Å². The quantitative estimate of drug-likeness (QED) is 0.498. The molecule has 0 saturated heterocycles. The maximum absolute atomic E-state index is 12.0. The number of nitrogens with zero attached hydrogens (tertiary/aromatic N) is 1. The largest absolute Gasteiger partial charge is 0.497 e. The molecule has 4 N–H and O–H groups in total. The third-order valence-electron chi connectivity index (χ3n) is 5.79. The molecule has 0 fully saturated rings. The van der Waals surface area contributed by atoms with Crippen LogP contribution in [0.25, 0.3) is 32.6 Å². The molecule has 156 valence electrons. The van der Waals surface area contributed by atoms with E-state index in [2.05, 4.69) is 12.1 Å². The number of benzene rings is 2. The van der Waals surface area contributed by atoms with Gasteiger partial charge in [0.2, 0.25) is 0 Å². The number of aryl methyl sites for hydroxylation is 1. The molecular formula is C24H21N3O3S. The summed E-state index contributed by atoms with van der Waals surface area (Å²) in [5.74, 6) is 1.07. The smallest absolute Gasteiger partial charge is 0.260 e. The van der Waals surface area contributed by atoms with Crippen LogP contribution in [0.15, 0.2) is 42.5 Å². The van der Waals surface area contributed by atoms with E-state index in [0.29, 0.717) is 15.4 Å². The second kappa shape index (κ2) is 7.28. The molecule has 1 aliphatic carbocycles.